The summed E-state index contributed by atoms with van der Waals surface area (Å²) < 4.78 is 13.3. The molecule has 0 fully saturated rings. The number of hydrogen-bond donors (Lipinski definition) is 1. The molecule has 15 heavy (non-hydrogen) atoms. The van der Waals surface area contributed by atoms with Gasteiger partial charge < -0.3 is 5.32 Å². The van der Waals surface area contributed by atoms with E-state index in [1.165, 1.54) is 17.8 Å². The maximum atomic E-state index is 13.3. The lowest BCUT2D eigenvalue weighted by molar-refractivity contribution is -0.118. The molecule has 0 aliphatic rings. The summed E-state index contributed by atoms with van der Waals surface area (Å²) in [6.45, 7) is 1.89. The summed E-state index contributed by atoms with van der Waals surface area (Å²) in [7, 11) is 1.59. The number of carbonyl (C=O) groups excluding carboxylic acids is 1. The lowest BCUT2D eigenvalue weighted by Gasteiger charge is -2.11. The van der Waals surface area contributed by atoms with E-state index in [0.29, 0.717) is 11.3 Å². The Balaban J connectivity index is 2.57. The highest BCUT2D eigenvalue weighted by molar-refractivity contribution is 8.00. The number of hydrogen-bond acceptors (Lipinski definition) is 2. The van der Waals surface area contributed by atoms with Crippen LogP contribution in [0.5, 0.6) is 0 Å². The molecule has 0 heterocycles. The Bertz CT molecular complexity index is 343. The Labute approximate surface area is 93.3 Å². The van der Waals surface area contributed by atoms with Crippen molar-refractivity contribution < 1.29 is 9.18 Å². The summed E-state index contributed by atoms with van der Waals surface area (Å²) in [5.74, 6) is 0.101. The van der Waals surface area contributed by atoms with Crippen molar-refractivity contribution in [1.82, 2.24) is 5.32 Å². The van der Waals surface area contributed by atoms with Gasteiger partial charge in [0.2, 0.25) is 5.91 Å². The van der Waals surface area contributed by atoms with Crippen molar-refractivity contribution in [2.75, 3.05) is 12.8 Å². The molecular weight excluding hydrogens is 213 g/mol. The predicted octanol–water partition coefficient (Wildman–Crippen LogP) is 2.37. The first-order valence-corrected chi connectivity index (χ1v) is 5.76. The molecule has 0 aromatic heterocycles. The normalized spacial score (nSPS) is 12.2. The van der Waals surface area contributed by atoms with Gasteiger partial charge in [-0.1, -0.05) is 18.2 Å². The summed E-state index contributed by atoms with van der Waals surface area (Å²) in [4.78, 5) is 11.0. The number of nitrogens with one attached hydrogen (secondary N) is 1. The first kappa shape index (κ1) is 12.0. The molecule has 1 aromatic rings. The van der Waals surface area contributed by atoms with Crippen LogP contribution in [0.2, 0.25) is 0 Å². The van der Waals surface area contributed by atoms with Crippen molar-refractivity contribution in [3.05, 3.63) is 35.6 Å². The second-order valence-electron chi connectivity index (χ2n) is 3.15. The first-order valence-electron chi connectivity index (χ1n) is 4.71. The summed E-state index contributed by atoms with van der Waals surface area (Å²) in [6, 6.07) is 6.65. The molecule has 1 aromatic carbocycles. The fraction of sp³-hybridized carbons (Fsp3) is 0.364. The minimum absolute atomic E-state index is 0.0106. The third-order valence-electron chi connectivity index (χ3n) is 2.09. The molecule has 0 saturated heterocycles. The molecule has 0 bridgehead atoms. The molecule has 2 nitrogen and oxygen atoms in total. The van der Waals surface area contributed by atoms with Crippen molar-refractivity contribution in [3.63, 3.8) is 0 Å². The minimum atomic E-state index is -0.214. The average molecular weight is 227 g/mol. The highest BCUT2D eigenvalue weighted by Gasteiger charge is 2.11. The van der Waals surface area contributed by atoms with E-state index in [4.69, 9.17) is 0 Å². The topological polar surface area (TPSA) is 29.1 Å². The van der Waals surface area contributed by atoms with E-state index in [0.717, 1.165) is 0 Å². The van der Waals surface area contributed by atoms with Gasteiger partial charge in [-0.3, -0.25) is 4.79 Å². The molecule has 0 saturated carbocycles. The quantitative estimate of drug-likeness (QED) is 0.855. The van der Waals surface area contributed by atoms with Gasteiger partial charge in [0.25, 0.3) is 0 Å². The van der Waals surface area contributed by atoms with Crippen molar-refractivity contribution in [2.45, 2.75) is 12.2 Å². The van der Waals surface area contributed by atoms with E-state index in [9.17, 15) is 9.18 Å². The van der Waals surface area contributed by atoms with E-state index in [1.54, 1.807) is 25.2 Å². The Morgan fingerprint density at radius 2 is 2.20 bits per heavy atom. The third-order valence-corrected chi connectivity index (χ3v) is 3.27. The van der Waals surface area contributed by atoms with Crippen molar-refractivity contribution in [1.29, 1.82) is 0 Å². The van der Waals surface area contributed by atoms with Gasteiger partial charge in [-0.25, -0.2) is 4.39 Å². The van der Waals surface area contributed by atoms with Crippen LogP contribution in [0.1, 0.15) is 17.7 Å². The number of halogens is 1. The summed E-state index contributed by atoms with van der Waals surface area (Å²) in [5.41, 5.74) is 0.645. The van der Waals surface area contributed by atoms with Gasteiger partial charge in [0.05, 0.1) is 5.75 Å². The van der Waals surface area contributed by atoms with Crippen LogP contribution >= 0.6 is 11.8 Å². The molecule has 82 valence electrons. The largest absolute Gasteiger partial charge is 0.358 e. The van der Waals surface area contributed by atoms with Gasteiger partial charge in [-0.2, -0.15) is 0 Å². The second-order valence-corrected chi connectivity index (χ2v) is 4.48. The van der Waals surface area contributed by atoms with E-state index in [1.807, 2.05) is 6.92 Å². The van der Waals surface area contributed by atoms with Gasteiger partial charge in [0.1, 0.15) is 5.82 Å². The van der Waals surface area contributed by atoms with Crippen LogP contribution < -0.4 is 5.32 Å². The van der Waals surface area contributed by atoms with Crippen LogP contribution in [0.3, 0.4) is 0 Å². The number of amides is 1. The molecule has 1 atom stereocenters. The highest BCUT2D eigenvalue weighted by atomic mass is 32.2. The van der Waals surface area contributed by atoms with Crippen LogP contribution in [-0.2, 0) is 4.79 Å². The molecular formula is C11H14FNOS. The predicted molar refractivity (Wildman–Crippen MR) is 61.3 cm³/mol. The molecule has 1 rings (SSSR count). The smallest absolute Gasteiger partial charge is 0.229 e. The average Bonchev–Trinajstić information content (AvgIpc) is 2.26. The fourth-order valence-electron chi connectivity index (χ4n) is 1.17. The van der Waals surface area contributed by atoms with E-state index in [2.05, 4.69) is 5.32 Å². The molecule has 0 spiro atoms. The molecule has 0 aliphatic carbocycles. The SMILES string of the molecule is CNC(=O)CS[C@H](C)c1ccccc1F. The maximum Gasteiger partial charge on any atom is 0.229 e. The zero-order chi connectivity index (χ0) is 11.3. The second kappa shape index (κ2) is 5.75. The van der Waals surface area contributed by atoms with Crippen molar-refractivity contribution in [3.8, 4) is 0 Å². The summed E-state index contributed by atoms with van der Waals surface area (Å²) >= 11 is 1.42. The molecule has 4 heteroatoms. The van der Waals surface area contributed by atoms with E-state index in [-0.39, 0.29) is 17.0 Å². The van der Waals surface area contributed by atoms with E-state index >= 15 is 0 Å². The van der Waals surface area contributed by atoms with Crippen LogP contribution in [0.25, 0.3) is 0 Å². The Hall–Kier alpha value is -1.03. The van der Waals surface area contributed by atoms with Crippen molar-refractivity contribution in [2.24, 2.45) is 0 Å². The minimum Gasteiger partial charge on any atom is -0.358 e. The van der Waals surface area contributed by atoms with Crippen LogP contribution in [0.15, 0.2) is 24.3 Å². The maximum absolute atomic E-state index is 13.3. The highest BCUT2D eigenvalue weighted by Crippen LogP contribution is 2.29. The van der Waals surface area contributed by atoms with E-state index < -0.39 is 0 Å². The molecule has 1 amide bonds. The number of benzene rings is 1. The molecule has 0 radical (unpaired) electrons. The van der Waals surface area contributed by atoms with Gasteiger partial charge in [-0.05, 0) is 13.0 Å². The van der Waals surface area contributed by atoms with Gasteiger partial charge in [0, 0.05) is 17.9 Å². The van der Waals surface area contributed by atoms with Gasteiger partial charge in [-0.15, -0.1) is 11.8 Å². The fourth-order valence-corrected chi connectivity index (χ4v) is 2.08. The number of rotatable bonds is 4. The van der Waals surface area contributed by atoms with Gasteiger partial charge >= 0.3 is 0 Å². The number of thioether (sulfide) groups is 1. The Kier molecular flexibility index (Phi) is 4.62. The number of carbonyl (C=O) groups is 1. The van der Waals surface area contributed by atoms with Crippen LogP contribution in [0, 0.1) is 5.82 Å². The lowest BCUT2D eigenvalue weighted by Crippen LogP contribution is -2.20. The standard InChI is InChI=1S/C11H14FNOS/c1-8(15-7-11(14)13-2)9-5-3-4-6-10(9)12/h3-6,8H,7H2,1-2H3,(H,13,14)/t8-/m1/s1. The lowest BCUT2D eigenvalue weighted by atomic mass is 10.1. The zero-order valence-electron chi connectivity index (χ0n) is 8.79. The zero-order valence-corrected chi connectivity index (χ0v) is 9.60. The Morgan fingerprint density at radius 1 is 1.53 bits per heavy atom. The van der Waals surface area contributed by atoms with Crippen LogP contribution in [0.4, 0.5) is 4.39 Å². The van der Waals surface area contributed by atoms with Crippen molar-refractivity contribution >= 4 is 17.7 Å². The molecule has 0 aliphatic heterocycles. The Morgan fingerprint density at radius 3 is 2.80 bits per heavy atom. The first-order chi connectivity index (χ1) is 7.15. The monoisotopic (exact) mass is 227 g/mol. The summed E-state index contributed by atoms with van der Waals surface area (Å²) in [6.07, 6.45) is 0. The van der Waals surface area contributed by atoms with Crippen LogP contribution in [-0.4, -0.2) is 18.7 Å². The molecule has 0 unspecified atom stereocenters. The third kappa shape index (κ3) is 3.55. The molecule has 1 N–H and O–H groups in total. The van der Waals surface area contributed by atoms with Gasteiger partial charge in [0.15, 0.2) is 0 Å². The summed E-state index contributed by atoms with van der Waals surface area (Å²) in [5, 5.41) is 2.52.